The van der Waals surface area contributed by atoms with E-state index in [0.29, 0.717) is 16.8 Å². The van der Waals surface area contributed by atoms with Crippen LogP contribution in [0, 0.1) is 0 Å². The highest BCUT2D eigenvalue weighted by molar-refractivity contribution is 5.89. The summed E-state index contributed by atoms with van der Waals surface area (Å²) in [6.45, 7) is 2.07. The summed E-state index contributed by atoms with van der Waals surface area (Å²) in [4.78, 5) is 11.9. The van der Waals surface area contributed by atoms with E-state index < -0.39 is 11.5 Å². The van der Waals surface area contributed by atoms with Crippen LogP contribution in [-0.2, 0) is 16.8 Å². The Balaban J connectivity index is 2.54. The molecule has 2 aromatic rings. The number of primary amides is 1. The Hall–Kier alpha value is -2.33. The first kappa shape index (κ1) is 15.1. The molecule has 0 fully saturated rings. The molecule has 1 atom stereocenters. The first-order valence-electron chi connectivity index (χ1n) is 6.96. The second-order valence-electron chi connectivity index (χ2n) is 5.10. The fraction of sp³-hybridized carbons (Fsp3) is 0.235. The fourth-order valence-electron chi connectivity index (χ4n) is 2.45. The molecule has 1 amide bonds. The van der Waals surface area contributed by atoms with Crippen LogP contribution in [0.4, 0.5) is 5.69 Å². The van der Waals surface area contributed by atoms with Crippen molar-refractivity contribution in [2.24, 2.45) is 5.73 Å². The summed E-state index contributed by atoms with van der Waals surface area (Å²) in [6.07, 6.45) is 1.83. The first-order valence-corrected chi connectivity index (χ1v) is 6.96. The van der Waals surface area contributed by atoms with Gasteiger partial charge in [-0.3, -0.25) is 4.79 Å². The number of carbonyl (C=O) groups is 1. The van der Waals surface area contributed by atoms with Gasteiger partial charge in [0.2, 0.25) is 0 Å². The average Bonchev–Trinajstić information content (AvgIpc) is 2.49. The number of nitrogen functional groups attached to an aromatic ring is 1. The van der Waals surface area contributed by atoms with Crippen LogP contribution in [0.5, 0.6) is 0 Å². The molecule has 0 bridgehead atoms. The van der Waals surface area contributed by atoms with E-state index >= 15 is 0 Å². The maximum Gasteiger partial charge on any atom is 0.258 e. The lowest BCUT2D eigenvalue weighted by Crippen LogP contribution is -2.42. The van der Waals surface area contributed by atoms with Crippen molar-refractivity contribution in [2.45, 2.75) is 25.4 Å². The highest BCUT2D eigenvalue weighted by Gasteiger charge is 2.38. The minimum atomic E-state index is -1.87. The normalized spacial score (nSPS) is 13.6. The van der Waals surface area contributed by atoms with E-state index in [4.69, 9.17) is 11.5 Å². The van der Waals surface area contributed by atoms with E-state index in [0.717, 1.165) is 18.4 Å². The second-order valence-corrected chi connectivity index (χ2v) is 5.10. The van der Waals surface area contributed by atoms with Crippen LogP contribution in [0.1, 0.15) is 30.0 Å². The molecular weight excluding hydrogens is 264 g/mol. The lowest BCUT2D eigenvalue weighted by atomic mass is 9.84. The van der Waals surface area contributed by atoms with Gasteiger partial charge in [0.1, 0.15) is 0 Å². The number of nitrogens with two attached hydrogens (primary N) is 2. The van der Waals surface area contributed by atoms with Crippen LogP contribution >= 0.6 is 0 Å². The largest absolute Gasteiger partial charge is 0.398 e. The zero-order chi connectivity index (χ0) is 15.5. The molecule has 1 unspecified atom stereocenters. The number of aryl methyl sites for hydroxylation is 1. The number of hydrogen-bond acceptors (Lipinski definition) is 3. The van der Waals surface area contributed by atoms with Crippen molar-refractivity contribution in [2.75, 3.05) is 5.73 Å². The van der Waals surface area contributed by atoms with E-state index in [1.165, 1.54) is 0 Å². The molecule has 2 aromatic carbocycles. The minimum Gasteiger partial charge on any atom is -0.398 e. The monoisotopic (exact) mass is 284 g/mol. The third-order valence-electron chi connectivity index (χ3n) is 3.63. The number of carbonyl (C=O) groups excluding carboxylic acids is 1. The van der Waals surface area contributed by atoms with Gasteiger partial charge in [0.15, 0.2) is 5.60 Å². The summed E-state index contributed by atoms with van der Waals surface area (Å²) in [5.74, 6) is -0.823. The van der Waals surface area contributed by atoms with Crippen molar-refractivity contribution in [3.63, 3.8) is 0 Å². The van der Waals surface area contributed by atoms with E-state index in [2.05, 4.69) is 6.92 Å². The lowest BCUT2D eigenvalue weighted by Gasteiger charge is -2.26. The summed E-state index contributed by atoms with van der Waals surface area (Å²) in [5, 5.41) is 10.8. The summed E-state index contributed by atoms with van der Waals surface area (Å²) in [6, 6.07) is 13.8. The zero-order valence-corrected chi connectivity index (χ0v) is 12.0. The Bertz CT molecular complexity index is 640. The number of aliphatic hydroxyl groups is 1. The Kier molecular flexibility index (Phi) is 4.29. The standard InChI is InChI=1S/C17H20N2O2/c1-2-6-12-9-10-14(11-15(12)18)17(21,16(19)20)13-7-4-3-5-8-13/h3-5,7-11,21H,2,6,18H2,1H3,(H2,19,20). The van der Waals surface area contributed by atoms with Crippen molar-refractivity contribution >= 4 is 11.6 Å². The van der Waals surface area contributed by atoms with E-state index in [1.807, 2.05) is 12.1 Å². The molecule has 0 aliphatic heterocycles. The smallest absolute Gasteiger partial charge is 0.258 e. The quantitative estimate of drug-likeness (QED) is 0.733. The zero-order valence-electron chi connectivity index (χ0n) is 12.0. The van der Waals surface area contributed by atoms with Crippen LogP contribution in [0.2, 0.25) is 0 Å². The molecule has 21 heavy (non-hydrogen) atoms. The van der Waals surface area contributed by atoms with Crippen LogP contribution in [-0.4, -0.2) is 11.0 Å². The topological polar surface area (TPSA) is 89.3 Å². The molecule has 4 nitrogen and oxygen atoms in total. The predicted molar refractivity (Wildman–Crippen MR) is 83.5 cm³/mol. The minimum absolute atomic E-state index is 0.388. The van der Waals surface area contributed by atoms with Crippen molar-refractivity contribution in [3.8, 4) is 0 Å². The SMILES string of the molecule is CCCc1ccc(C(O)(C(N)=O)c2ccccc2)cc1N. The lowest BCUT2D eigenvalue weighted by molar-refractivity contribution is -0.133. The van der Waals surface area contributed by atoms with Crippen molar-refractivity contribution in [3.05, 3.63) is 65.2 Å². The Morgan fingerprint density at radius 1 is 1.14 bits per heavy atom. The van der Waals surface area contributed by atoms with Gasteiger partial charge >= 0.3 is 0 Å². The molecule has 0 aliphatic rings. The summed E-state index contributed by atoms with van der Waals surface area (Å²) in [5.41, 5.74) is 12.0. The van der Waals surface area contributed by atoms with Crippen LogP contribution in [0.25, 0.3) is 0 Å². The van der Waals surface area contributed by atoms with Gasteiger partial charge in [0, 0.05) is 5.69 Å². The predicted octanol–water partition coefficient (Wildman–Crippen LogP) is 1.94. The molecule has 0 spiro atoms. The molecule has 0 saturated heterocycles. The average molecular weight is 284 g/mol. The summed E-state index contributed by atoms with van der Waals surface area (Å²) in [7, 11) is 0. The molecule has 0 heterocycles. The van der Waals surface area contributed by atoms with E-state index in [9.17, 15) is 9.90 Å². The van der Waals surface area contributed by atoms with Gasteiger partial charge in [-0.15, -0.1) is 0 Å². The third kappa shape index (κ3) is 2.76. The van der Waals surface area contributed by atoms with Gasteiger partial charge in [-0.05, 0) is 29.2 Å². The number of hydrogen-bond donors (Lipinski definition) is 3. The molecule has 2 rings (SSSR count). The molecule has 5 N–H and O–H groups in total. The van der Waals surface area contributed by atoms with Crippen LogP contribution in [0.3, 0.4) is 0 Å². The maximum absolute atomic E-state index is 11.9. The Morgan fingerprint density at radius 3 is 2.33 bits per heavy atom. The summed E-state index contributed by atoms with van der Waals surface area (Å²) >= 11 is 0. The second kappa shape index (κ2) is 5.97. The highest BCUT2D eigenvalue weighted by Crippen LogP contribution is 2.31. The van der Waals surface area contributed by atoms with Crippen LogP contribution < -0.4 is 11.5 Å². The van der Waals surface area contributed by atoms with Gasteiger partial charge in [0.25, 0.3) is 5.91 Å². The number of amides is 1. The summed E-state index contributed by atoms with van der Waals surface area (Å²) < 4.78 is 0. The molecule has 0 aromatic heterocycles. The third-order valence-corrected chi connectivity index (χ3v) is 3.63. The molecule has 110 valence electrons. The number of rotatable bonds is 5. The maximum atomic E-state index is 11.9. The van der Waals surface area contributed by atoms with Crippen molar-refractivity contribution in [1.29, 1.82) is 0 Å². The van der Waals surface area contributed by atoms with Gasteiger partial charge in [-0.25, -0.2) is 0 Å². The molecular formula is C17H20N2O2. The van der Waals surface area contributed by atoms with E-state index in [-0.39, 0.29) is 0 Å². The van der Waals surface area contributed by atoms with Crippen LogP contribution in [0.15, 0.2) is 48.5 Å². The van der Waals surface area contributed by atoms with Crippen molar-refractivity contribution < 1.29 is 9.90 Å². The Morgan fingerprint density at radius 2 is 1.81 bits per heavy atom. The first-order chi connectivity index (χ1) is 10.00. The fourth-order valence-corrected chi connectivity index (χ4v) is 2.45. The van der Waals surface area contributed by atoms with Gasteiger partial charge < -0.3 is 16.6 Å². The van der Waals surface area contributed by atoms with Gasteiger partial charge in [-0.2, -0.15) is 0 Å². The Labute approximate surface area is 124 Å². The number of anilines is 1. The highest BCUT2D eigenvalue weighted by atomic mass is 16.3. The van der Waals surface area contributed by atoms with E-state index in [1.54, 1.807) is 36.4 Å². The molecule has 4 heteroatoms. The van der Waals surface area contributed by atoms with Gasteiger partial charge in [-0.1, -0.05) is 55.8 Å². The molecule has 0 aliphatic carbocycles. The van der Waals surface area contributed by atoms with Gasteiger partial charge in [0.05, 0.1) is 0 Å². The molecule has 0 radical (unpaired) electrons. The molecule has 0 saturated carbocycles. The number of benzene rings is 2. The van der Waals surface area contributed by atoms with Crippen molar-refractivity contribution in [1.82, 2.24) is 0 Å².